The molecule has 0 bridgehead atoms. The van der Waals surface area contributed by atoms with E-state index in [9.17, 15) is 22.8 Å². The number of halogens is 1. The fraction of sp³-hybridized carbons (Fsp3) is 0.136. The zero-order valence-electron chi connectivity index (χ0n) is 18.3. The number of methoxy groups -OCH3 is 1. The number of ether oxygens (including phenoxy) is 1. The smallest absolute Gasteiger partial charge is 0.413 e. The van der Waals surface area contributed by atoms with Gasteiger partial charge in [-0.3, -0.25) is 19.6 Å². The second kappa shape index (κ2) is 10.2. The van der Waals surface area contributed by atoms with Crippen LogP contribution in [0.1, 0.15) is 31.2 Å². The number of hydrogen-bond donors (Lipinski definition) is 3. The van der Waals surface area contributed by atoms with E-state index in [2.05, 4.69) is 20.1 Å². The number of carbonyl (C=O) groups is 3. The highest BCUT2D eigenvalue weighted by Crippen LogP contribution is 2.33. The Morgan fingerprint density at radius 1 is 0.971 bits per heavy atom. The van der Waals surface area contributed by atoms with E-state index in [1.165, 1.54) is 36.4 Å². The van der Waals surface area contributed by atoms with Crippen molar-refractivity contribution in [2.24, 2.45) is 0 Å². The number of amides is 3. The zero-order valence-corrected chi connectivity index (χ0v) is 20.7. The molecule has 3 amide bonds. The van der Waals surface area contributed by atoms with Crippen molar-refractivity contribution in [3.8, 4) is 0 Å². The largest absolute Gasteiger partial charge is 0.453 e. The Bertz CT molecular complexity index is 1370. The topological polar surface area (TPSA) is 131 Å². The average Bonchev–Trinajstić information content (AvgIpc) is 3.06. The molecule has 12 heteroatoms. The van der Waals surface area contributed by atoms with Gasteiger partial charge in [0.25, 0.3) is 21.8 Å². The highest BCUT2D eigenvalue weighted by molar-refractivity contribution is 7.92. The van der Waals surface area contributed by atoms with Crippen molar-refractivity contribution in [2.45, 2.75) is 18.7 Å². The maximum Gasteiger partial charge on any atom is 0.413 e. The van der Waals surface area contributed by atoms with Gasteiger partial charge in [-0.05, 0) is 55.8 Å². The van der Waals surface area contributed by atoms with Crippen LogP contribution in [0.25, 0.3) is 0 Å². The van der Waals surface area contributed by atoms with Gasteiger partial charge in [-0.1, -0.05) is 23.7 Å². The molecule has 3 N–H and O–H groups in total. The number of carbonyl (C=O) groups excluding carboxylic acids is 3. The quantitative estimate of drug-likeness (QED) is 0.435. The lowest BCUT2D eigenvalue weighted by Crippen LogP contribution is -2.31. The van der Waals surface area contributed by atoms with E-state index in [0.717, 1.165) is 23.3 Å². The molecule has 0 aliphatic heterocycles. The maximum absolute atomic E-state index is 13.1. The molecule has 2 aromatic carbocycles. The van der Waals surface area contributed by atoms with Crippen molar-refractivity contribution >= 4 is 61.6 Å². The fourth-order valence-electron chi connectivity index (χ4n) is 2.95. The normalized spacial score (nSPS) is 10.9. The number of imide groups is 1. The third kappa shape index (κ3) is 5.56. The minimum Gasteiger partial charge on any atom is -0.453 e. The lowest BCUT2D eigenvalue weighted by molar-refractivity contribution is 0.0937. The number of sulfonamides is 1. The number of thiophene rings is 1. The molecule has 3 aromatic rings. The summed E-state index contributed by atoms with van der Waals surface area (Å²) in [5, 5.41) is 5.31. The first-order valence-electron chi connectivity index (χ1n) is 9.71. The molecule has 0 atom stereocenters. The number of nitrogens with one attached hydrogen (secondary N) is 3. The highest BCUT2D eigenvalue weighted by Gasteiger charge is 2.24. The Morgan fingerprint density at radius 2 is 1.62 bits per heavy atom. The van der Waals surface area contributed by atoms with Crippen molar-refractivity contribution in [3.05, 3.63) is 75.1 Å². The van der Waals surface area contributed by atoms with Crippen LogP contribution in [0.3, 0.4) is 0 Å². The van der Waals surface area contributed by atoms with Gasteiger partial charge in [0, 0.05) is 9.90 Å². The Kier molecular flexibility index (Phi) is 7.60. The van der Waals surface area contributed by atoms with Crippen LogP contribution in [0.5, 0.6) is 0 Å². The SMILES string of the molecule is COC(=O)NC(=O)c1c(NC(=O)c2ccccc2NS(=O)(=O)c2ccc(Cl)cc2)sc(C)c1C. The van der Waals surface area contributed by atoms with E-state index in [4.69, 9.17) is 11.6 Å². The molecule has 9 nitrogen and oxygen atoms in total. The molecular formula is C22H20ClN3O6S2. The van der Waals surface area contributed by atoms with E-state index in [1.807, 2.05) is 0 Å². The first-order chi connectivity index (χ1) is 16.0. The van der Waals surface area contributed by atoms with Gasteiger partial charge in [0.1, 0.15) is 5.00 Å². The summed E-state index contributed by atoms with van der Waals surface area (Å²) in [7, 11) is -2.88. The highest BCUT2D eigenvalue weighted by atomic mass is 35.5. The van der Waals surface area contributed by atoms with Crippen molar-refractivity contribution in [3.63, 3.8) is 0 Å². The first-order valence-corrected chi connectivity index (χ1v) is 12.4. The molecule has 0 saturated heterocycles. The molecule has 1 heterocycles. The molecule has 0 saturated carbocycles. The van der Waals surface area contributed by atoms with Gasteiger partial charge < -0.3 is 10.1 Å². The Hall–Kier alpha value is -3.41. The van der Waals surface area contributed by atoms with Crippen LogP contribution in [0, 0.1) is 13.8 Å². The third-order valence-electron chi connectivity index (χ3n) is 4.78. The van der Waals surface area contributed by atoms with Gasteiger partial charge in [0.2, 0.25) is 0 Å². The van der Waals surface area contributed by atoms with Crippen LogP contribution in [0.15, 0.2) is 53.4 Å². The molecule has 0 spiro atoms. The Balaban J connectivity index is 1.90. The fourth-order valence-corrected chi connectivity index (χ4v) is 5.21. The second-order valence-electron chi connectivity index (χ2n) is 6.99. The number of aryl methyl sites for hydroxylation is 1. The number of anilines is 2. The number of hydrogen-bond acceptors (Lipinski definition) is 7. The van der Waals surface area contributed by atoms with Crippen LogP contribution >= 0.6 is 22.9 Å². The molecule has 0 unspecified atom stereocenters. The minimum atomic E-state index is -4.00. The maximum atomic E-state index is 13.1. The standard InChI is InChI=1S/C22H20ClN3O6S2/c1-12-13(2)33-21(18(12)20(28)25-22(29)32-3)24-19(27)16-6-4-5-7-17(16)26-34(30,31)15-10-8-14(23)9-11-15/h4-11,26H,1-3H3,(H,24,27)(H,25,28,29). The first kappa shape index (κ1) is 25.2. The van der Waals surface area contributed by atoms with Crippen LogP contribution in [0.2, 0.25) is 5.02 Å². The summed E-state index contributed by atoms with van der Waals surface area (Å²) in [6.45, 7) is 3.45. The monoisotopic (exact) mass is 521 g/mol. The van der Waals surface area contributed by atoms with E-state index < -0.39 is 27.9 Å². The molecule has 1 aromatic heterocycles. The Morgan fingerprint density at radius 3 is 2.26 bits per heavy atom. The zero-order chi connectivity index (χ0) is 25.0. The summed E-state index contributed by atoms with van der Waals surface area (Å²) < 4.78 is 32.4. The third-order valence-corrected chi connectivity index (χ3v) is 7.54. The number of rotatable bonds is 6. The molecule has 0 fully saturated rings. The predicted octanol–water partition coefficient (Wildman–Crippen LogP) is 4.57. The molecule has 178 valence electrons. The number of para-hydroxylation sites is 1. The van der Waals surface area contributed by atoms with Crippen molar-refractivity contribution in [1.29, 1.82) is 0 Å². The summed E-state index contributed by atoms with van der Waals surface area (Å²) in [6, 6.07) is 11.6. The number of benzene rings is 2. The van der Waals surface area contributed by atoms with Gasteiger partial charge >= 0.3 is 6.09 Å². The van der Waals surface area contributed by atoms with Crippen molar-refractivity contribution < 1.29 is 27.5 Å². The Labute approximate surface area is 205 Å². The van der Waals surface area contributed by atoms with Crippen LogP contribution < -0.4 is 15.4 Å². The van der Waals surface area contributed by atoms with E-state index in [1.54, 1.807) is 26.0 Å². The summed E-state index contributed by atoms with van der Waals surface area (Å²) in [5.41, 5.74) is 0.766. The molecular weight excluding hydrogens is 502 g/mol. The molecule has 0 radical (unpaired) electrons. The average molecular weight is 522 g/mol. The summed E-state index contributed by atoms with van der Waals surface area (Å²) in [5.74, 6) is -1.39. The summed E-state index contributed by atoms with van der Waals surface area (Å²) in [4.78, 5) is 37.9. The van der Waals surface area contributed by atoms with Crippen LogP contribution in [0.4, 0.5) is 15.5 Å². The lowest BCUT2D eigenvalue weighted by Gasteiger charge is -2.13. The number of alkyl carbamates (subject to hydrolysis) is 1. The lowest BCUT2D eigenvalue weighted by atomic mass is 10.1. The molecule has 3 rings (SSSR count). The van der Waals surface area contributed by atoms with Crippen LogP contribution in [-0.2, 0) is 14.8 Å². The van der Waals surface area contributed by atoms with Gasteiger partial charge in [0.15, 0.2) is 0 Å². The molecule has 34 heavy (non-hydrogen) atoms. The molecule has 0 aliphatic carbocycles. The van der Waals surface area contributed by atoms with E-state index in [0.29, 0.717) is 10.6 Å². The van der Waals surface area contributed by atoms with Crippen LogP contribution in [-0.4, -0.2) is 33.4 Å². The predicted molar refractivity (Wildman–Crippen MR) is 130 cm³/mol. The summed E-state index contributed by atoms with van der Waals surface area (Å²) in [6.07, 6.45) is -0.938. The van der Waals surface area contributed by atoms with Gasteiger partial charge in [-0.2, -0.15) is 0 Å². The van der Waals surface area contributed by atoms with Gasteiger partial charge in [-0.15, -0.1) is 11.3 Å². The van der Waals surface area contributed by atoms with Gasteiger partial charge in [0.05, 0.1) is 28.8 Å². The summed E-state index contributed by atoms with van der Waals surface area (Å²) >= 11 is 6.98. The minimum absolute atomic E-state index is 0.0293. The van der Waals surface area contributed by atoms with Crippen molar-refractivity contribution in [1.82, 2.24) is 5.32 Å². The molecule has 0 aliphatic rings. The van der Waals surface area contributed by atoms with E-state index >= 15 is 0 Å². The van der Waals surface area contributed by atoms with Gasteiger partial charge in [-0.25, -0.2) is 13.2 Å². The van der Waals surface area contributed by atoms with E-state index in [-0.39, 0.29) is 26.7 Å². The van der Waals surface area contributed by atoms with Crippen molar-refractivity contribution in [2.75, 3.05) is 17.1 Å². The second-order valence-corrected chi connectivity index (χ2v) is 10.3.